The number of rotatable bonds is 11. The molecule has 2 bridgehead atoms. The summed E-state index contributed by atoms with van der Waals surface area (Å²) in [5.41, 5.74) is 1.65. The summed E-state index contributed by atoms with van der Waals surface area (Å²) in [6, 6.07) is 18.1. The molecule has 2 N–H and O–H groups in total. The van der Waals surface area contributed by atoms with Gasteiger partial charge >= 0.3 is 18.3 Å². The molecule has 2 saturated heterocycles. The third kappa shape index (κ3) is 15.5. The molecule has 49 heavy (non-hydrogen) atoms. The van der Waals surface area contributed by atoms with Crippen LogP contribution in [0.2, 0.25) is 0 Å². The molecule has 4 rings (SSSR count). The molecule has 2 fully saturated rings. The summed E-state index contributed by atoms with van der Waals surface area (Å²) in [6.45, 7) is 17.5. The van der Waals surface area contributed by atoms with E-state index < -0.39 is 23.4 Å². The van der Waals surface area contributed by atoms with Crippen molar-refractivity contribution in [2.45, 2.75) is 124 Å². The maximum absolute atomic E-state index is 12.8. The second-order valence-electron chi connectivity index (χ2n) is 15.3. The smallest absolute Gasteiger partial charge is 0.417 e. The van der Waals surface area contributed by atoms with Crippen LogP contribution in [-0.2, 0) is 14.2 Å². The van der Waals surface area contributed by atoms with Gasteiger partial charge in [-0.25, -0.2) is 19.7 Å². The molecule has 2 heterocycles. The number of para-hydroxylation sites is 1. The maximum Gasteiger partial charge on any atom is 0.417 e. The lowest BCUT2D eigenvalue weighted by Gasteiger charge is -2.40. The zero-order chi connectivity index (χ0) is 35.2. The second kappa shape index (κ2) is 19.9. The third-order valence-corrected chi connectivity index (χ3v) is 8.75. The van der Waals surface area contributed by atoms with Crippen LogP contribution in [0.4, 0.5) is 20.1 Å². The highest BCUT2D eigenvalue weighted by Crippen LogP contribution is 2.36. The predicted molar refractivity (Wildman–Crippen MR) is 192 cm³/mol. The molecule has 274 valence electrons. The molecule has 2 aliphatic heterocycles. The number of carbonyl (C=O) groups excluding carboxylic acids is 3. The van der Waals surface area contributed by atoms with Crippen LogP contribution >= 0.6 is 0 Å². The molecule has 3 amide bonds. The topological polar surface area (TPSA) is 103 Å². The van der Waals surface area contributed by atoms with Gasteiger partial charge in [0.15, 0.2) is 0 Å². The van der Waals surface area contributed by atoms with Crippen LogP contribution < -0.4 is 27.6 Å². The average Bonchev–Trinajstić information content (AvgIpc) is 3.35. The Kier molecular flexibility index (Phi) is 17.1. The van der Waals surface area contributed by atoms with E-state index in [1.165, 1.54) is 75.5 Å². The predicted octanol–water partition coefficient (Wildman–Crippen LogP) is 6.71. The van der Waals surface area contributed by atoms with E-state index in [4.69, 9.17) is 14.2 Å². The van der Waals surface area contributed by atoms with Gasteiger partial charge in [-0.3, -0.25) is 5.32 Å². The average molecular weight is 747 g/mol. The number of fused-ring (bicyclic) bond motifs is 2. The van der Waals surface area contributed by atoms with E-state index in [1.54, 1.807) is 41.5 Å². The number of nitrogens with zero attached hydrogens (tertiary/aromatic N) is 1. The van der Waals surface area contributed by atoms with Crippen LogP contribution in [0.3, 0.4) is 0 Å². The van der Waals surface area contributed by atoms with Crippen molar-refractivity contribution in [2.24, 2.45) is 5.92 Å². The van der Waals surface area contributed by atoms with Gasteiger partial charge in [-0.05, 0) is 66.0 Å². The van der Waals surface area contributed by atoms with Crippen molar-refractivity contribution in [3.63, 3.8) is 0 Å². The van der Waals surface area contributed by atoms with Crippen LogP contribution in [0.25, 0.3) is 11.1 Å². The summed E-state index contributed by atoms with van der Waals surface area (Å²) in [5, 5.41) is 4.99. The van der Waals surface area contributed by atoms with Gasteiger partial charge in [-0.1, -0.05) is 87.6 Å². The summed E-state index contributed by atoms with van der Waals surface area (Å²) in [4.78, 5) is 35.0. The molecule has 2 unspecified atom stereocenters. The van der Waals surface area contributed by atoms with Crippen molar-refractivity contribution >= 4 is 24.0 Å². The molecule has 0 radical (unpaired) electrons. The Hall–Kier alpha value is -3.11. The van der Waals surface area contributed by atoms with Crippen molar-refractivity contribution < 1.29 is 50.1 Å². The number of benzene rings is 2. The Morgan fingerprint density at radius 3 is 1.90 bits per heavy atom. The van der Waals surface area contributed by atoms with E-state index in [2.05, 4.69) is 24.4 Å². The van der Waals surface area contributed by atoms with Crippen molar-refractivity contribution in [1.82, 2.24) is 5.32 Å². The number of unbranched alkanes of at least 4 members (excludes halogenated alkanes) is 6. The molecule has 2 aromatic carbocycles. The lowest BCUT2D eigenvalue weighted by atomic mass is 9.95. The van der Waals surface area contributed by atoms with Crippen molar-refractivity contribution in [3.05, 3.63) is 54.6 Å². The largest absolute Gasteiger partial charge is 1.00 e. The number of anilines is 1. The summed E-state index contributed by atoms with van der Waals surface area (Å²) in [6.07, 6.45) is 9.91. The summed E-state index contributed by atoms with van der Waals surface area (Å²) in [7, 11) is 0. The fourth-order valence-corrected chi connectivity index (χ4v) is 6.57. The number of imide groups is 1. The van der Waals surface area contributed by atoms with Crippen molar-refractivity contribution in [1.29, 1.82) is 0 Å². The first-order valence-corrected chi connectivity index (χ1v) is 17.9. The summed E-state index contributed by atoms with van der Waals surface area (Å²) < 4.78 is 17.0. The fourth-order valence-electron chi connectivity index (χ4n) is 6.57. The highest BCUT2D eigenvalue weighted by Gasteiger charge is 2.47. The Morgan fingerprint density at radius 2 is 1.29 bits per heavy atom. The van der Waals surface area contributed by atoms with E-state index in [-0.39, 0.29) is 29.2 Å². The van der Waals surface area contributed by atoms with E-state index >= 15 is 0 Å². The lowest BCUT2D eigenvalue weighted by molar-refractivity contribution is -0.922. The maximum atomic E-state index is 12.8. The van der Waals surface area contributed by atoms with Crippen molar-refractivity contribution in [3.8, 4) is 11.1 Å². The minimum atomic E-state index is -0.809. The van der Waals surface area contributed by atoms with Gasteiger partial charge in [0, 0.05) is 18.4 Å². The minimum absolute atomic E-state index is 0. The van der Waals surface area contributed by atoms with E-state index in [9.17, 15) is 14.4 Å². The van der Waals surface area contributed by atoms with Crippen LogP contribution in [0.5, 0.6) is 0 Å². The van der Waals surface area contributed by atoms with Gasteiger partial charge in [0.25, 0.3) is 0 Å². The quantitative estimate of drug-likeness (QED) is 0.151. The zero-order valence-corrected chi connectivity index (χ0v) is 32.4. The van der Waals surface area contributed by atoms with Gasteiger partial charge in [-0.15, -0.1) is 0 Å². The Labute approximate surface area is 305 Å². The minimum Gasteiger partial charge on any atom is -1.00 e. The first-order valence-electron chi connectivity index (χ1n) is 17.9. The molecule has 10 heteroatoms. The van der Waals surface area contributed by atoms with Gasteiger partial charge in [0.2, 0.25) is 0 Å². The second-order valence-corrected chi connectivity index (χ2v) is 15.3. The Bertz CT molecular complexity index is 1280. The number of nitrogens with one attached hydrogen (secondary N) is 2. The molecular weight excluding hydrogens is 686 g/mol. The summed E-state index contributed by atoms with van der Waals surface area (Å²) in [5.74, 6) is 0.512. The Morgan fingerprint density at radius 1 is 0.735 bits per heavy atom. The molecule has 2 aliphatic rings. The molecule has 0 spiro atoms. The molecule has 3 atom stereocenters. The highest BCUT2D eigenvalue weighted by molar-refractivity contribution is 5.91. The highest BCUT2D eigenvalue weighted by atomic mass is 79.9. The Balaban J connectivity index is 0.000000444. The van der Waals surface area contributed by atoms with Crippen LogP contribution in [0.15, 0.2) is 54.6 Å². The standard InChI is InChI=1S/C29H40N2O2.C10H19NO4.BrH/c1-2-3-4-5-6-7-13-20-31-21-18-25(23-31)28(19-22-31)33-29(32)30-27-17-12-11-16-26(27)24-14-9-8-10-15-24;1-9(2,3)14-7(12)11-8(13)15-10(4,5)6;/h8-12,14-17,25,28H,2-7,13,18-23H2,1H3;1-6H3,(H,11,12,13);1H/t25?,28?,31-;;/m1../s1. The molecule has 2 aromatic rings. The molecule has 0 aromatic heterocycles. The van der Waals surface area contributed by atoms with Crippen LogP contribution in [-0.4, -0.2) is 66.2 Å². The van der Waals surface area contributed by atoms with E-state index in [1.807, 2.05) is 47.8 Å². The van der Waals surface area contributed by atoms with Gasteiger partial charge < -0.3 is 35.7 Å². The number of hydrogen-bond donors (Lipinski definition) is 2. The third-order valence-electron chi connectivity index (χ3n) is 8.75. The molecule has 9 nitrogen and oxygen atoms in total. The fraction of sp³-hybridized carbons (Fsp3) is 0.615. The number of halogens is 1. The number of quaternary nitrogens is 1. The number of piperidine rings is 1. The lowest BCUT2D eigenvalue weighted by Crippen LogP contribution is -3.00. The molecule has 0 aliphatic carbocycles. The number of alkyl carbamates (subject to hydrolysis) is 2. The van der Waals surface area contributed by atoms with E-state index in [0.717, 1.165) is 29.8 Å². The number of amides is 3. The van der Waals surface area contributed by atoms with Gasteiger partial charge in [0.1, 0.15) is 17.3 Å². The van der Waals surface area contributed by atoms with Crippen LogP contribution in [0, 0.1) is 5.92 Å². The van der Waals surface area contributed by atoms with Gasteiger partial charge in [0.05, 0.1) is 37.8 Å². The number of carbonyl (C=O) groups is 3. The monoisotopic (exact) mass is 745 g/mol. The first-order chi connectivity index (χ1) is 22.7. The molecular formula is C39H60BrN3O6. The zero-order valence-electron chi connectivity index (χ0n) is 30.8. The number of hydrogen-bond acceptors (Lipinski definition) is 6. The first kappa shape index (κ1) is 42.1. The number of ether oxygens (including phenoxy) is 3. The summed E-state index contributed by atoms with van der Waals surface area (Å²) >= 11 is 0. The van der Waals surface area contributed by atoms with Gasteiger partial charge in [-0.2, -0.15) is 0 Å². The van der Waals surface area contributed by atoms with Crippen LogP contribution in [0.1, 0.15) is 106 Å². The van der Waals surface area contributed by atoms with E-state index in [0.29, 0.717) is 5.92 Å². The SMILES string of the molecule is CC(C)(C)OC(=O)NC(=O)OC(C)(C)C.CCCCCCCCC[N@+]12CCC(C1)C(OC(=O)Nc1ccccc1-c1ccccc1)CC2.[Br-]. The normalized spacial score (nSPS) is 19.7. The van der Waals surface area contributed by atoms with Crippen molar-refractivity contribution in [2.75, 3.05) is 31.5 Å². The molecule has 0 saturated carbocycles.